The van der Waals surface area contributed by atoms with Crippen LogP contribution in [0.25, 0.3) is 0 Å². The minimum Gasteiger partial charge on any atom is -0.342 e. The van der Waals surface area contributed by atoms with Gasteiger partial charge in [0.05, 0.1) is 12.6 Å². The molecule has 1 aromatic rings. The normalized spacial score (nSPS) is 17.2. The van der Waals surface area contributed by atoms with Gasteiger partial charge in [0.1, 0.15) is 0 Å². The van der Waals surface area contributed by atoms with E-state index in [1.54, 1.807) is 16.8 Å². The Morgan fingerprint density at radius 1 is 1.30 bits per heavy atom. The highest BCUT2D eigenvalue weighted by molar-refractivity contribution is 5.88. The lowest BCUT2D eigenvalue weighted by molar-refractivity contribution is -0.144. The molecule has 5 heteroatoms. The Morgan fingerprint density at radius 3 is 2.65 bits per heavy atom. The summed E-state index contributed by atoms with van der Waals surface area (Å²) in [6.07, 6.45) is 1.37. The Bertz CT molecular complexity index is 475. The number of hydrogen-bond acceptors (Lipinski definition) is 3. The monoisotopic (exact) mass is 275 g/mol. The second-order valence-electron chi connectivity index (χ2n) is 5.21. The van der Waals surface area contributed by atoms with Crippen molar-refractivity contribution >= 4 is 11.8 Å². The molecule has 20 heavy (non-hydrogen) atoms. The van der Waals surface area contributed by atoms with Gasteiger partial charge in [0.2, 0.25) is 11.8 Å². The summed E-state index contributed by atoms with van der Waals surface area (Å²) in [5.74, 6) is -0.151. The molecule has 1 aromatic carbocycles. The van der Waals surface area contributed by atoms with Gasteiger partial charge in [-0.3, -0.25) is 9.59 Å². The Balaban J connectivity index is 1.84. The maximum absolute atomic E-state index is 12.2. The van der Waals surface area contributed by atoms with Gasteiger partial charge < -0.3 is 15.5 Å². The number of carbonyl (C=O) groups is 2. The number of amides is 2. The molecule has 0 saturated carbocycles. The summed E-state index contributed by atoms with van der Waals surface area (Å²) in [5, 5.41) is 0. The Labute approximate surface area is 119 Å². The van der Waals surface area contributed by atoms with Crippen LogP contribution in [-0.4, -0.2) is 54.3 Å². The van der Waals surface area contributed by atoms with Crippen molar-refractivity contribution in [3.05, 3.63) is 35.9 Å². The van der Waals surface area contributed by atoms with E-state index in [9.17, 15) is 9.59 Å². The van der Waals surface area contributed by atoms with Crippen molar-refractivity contribution in [2.75, 3.05) is 26.7 Å². The second-order valence-corrected chi connectivity index (χ2v) is 5.21. The van der Waals surface area contributed by atoms with E-state index in [4.69, 9.17) is 5.73 Å². The molecule has 2 rings (SSSR count). The van der Waals surface area contributed by atoms with Crippen LogP contribution in [0.1, 0.15) is 12.0 Å². The van der Waals surface area contributed by atoms with E-state index in [1.807, 2.05) is 30.3 Å². The predicted octanol–water partition coefficient (Wildman–Crippen LogP) is 0.247. The molecule has 1 heterocycles. The lowest BCUT2D eigenvalue weighted by Gasteiger charge is -2.33. The number of hydrogen-bond donors (Lipinski definition) is 1. The molecular weight excluding hydrogens is 254 g/mol. The first-order valence-corrected chi connectivity index (χ1v) is 6.90. The average molecular weight is 275 g/mol. The van der Waals surface area contributed by atoms with Gasteiger partial charge in [0.15, 0.2) is 0 Å². The van der Waals surface area contributed by atoms with Crippen molar-refractivity contribution in [1.82, 2.24) is 9.80 Å². The number of aryl methyl sites for hydroxylation is 1. The summed E-state index contributed by atoms with van der Waals surface area (Å²) in [6, 6.07) is 9.42. The molecule has 0 aromatic heterocycles. The zero-order valence-electron chi connectivity index (χ0n) is 11.8. The minimum absolute atomic E-state index is 0.0279. The van der Waals surface area contributed by atoms with Gasteiger partial charge in [0.25, 0.3) is 0 Å². The predicted molar refractivity (Wildman–Crippen MR) is 77.0 cm³/mol. The fourth-order valence-electron chi connectivity index (χ4n) is 2.27. The maximum Gasteiger partial charge on any atom is 0.241 e. The molecule has 0 radical (unpaired) electrons. The topological polar surface area (TPSA) is 66.6 Å². The van der Waals surface area contributed by atoms with E-state index < -0.39 is 6.04 Å². The van der Waals surface area contributed by atoms with Crippen LogP contribution in [0.3, 0.4) is 0 Å². The van der Waals surface area contributed by atoms with Crippen molar-refractivity contribution in [2.45, 2.75) is 18.9 Å². The molecule has 1 fully saturated rings. The van der Waals surface area contributed by atoms with Crippen LogP contribution in [0.5, 0.6) is 0 Å². The van der Waals surface area contributed by atoms with Crippen molar-refractivity contribution in [1.29, 1.82) is 0 Å². The summed E-state index contributed by atoms with van der Waals surface area (Å²) >= 11 is 0. The SMILES string of the molecule is CN1CCN(C(=O)C(N)CCc2ccccc2)CC1=O. The Morgan fingerprint density at radius 2 is 2.00 bits per heavy atom. The lowest BCUT2D eigenvalue weighted by atomic mass is 10.0. The van der Waals surface area contributed by atoms with Gasteiger partial charge in [-0.25, -0.2) is 0 Å². The molecule has 108 valence electrons. The summed E-state index contributed by atoms with van der Waals surface area (Å²) in [5.41, 5.74) is 7.13. The first-order chi connectivity index (χ1) is 9.58. The first kappa shape index (κ1) is 14.5. The zero-order valence-corrected chi connectivity index (χ0v) is 11.8. The molecule has 5 nitrogen and oxygen atoms in total. The number of carbonyl (C=O) groups excluding carboxylic acids is 2. The maximum atomic E-state index is 12.2. The molecule has 1 unspecified atom stereocenters. The molecule has 1 aliphatic rings. The number of likely N-dealkylation sites (N-methyl/N-ethyl adjacent to an activating group) is 1. The first-order valence-electron chi connectivity index (χ1n) is 6.90. The highest BCUT2D eigenvalue weighted by atomic mass is 16.2. The van der Waals surface area contributed by atoms with E-state index in [-0.39, 0.29) is 18.4 Å². The summed E-state index contributed by atoms with van der Waals surface area (Å²) in [7, 11) is 1.75. The van der Waals surface area contributed by atoms with Crippen molar-refractivity contribution in [3.8, 4) is 0 Å². The zero-order chi connectivity index (χ0) is 14.5. The number of benzene rings is 1. The molecule has 2 N–H and O–H groups in total. The van der Waals surface area contributed by atoms with E-state index >= 15 is 0 Å². The fraction of sp³-hybridized carbons (Fsp3) is 0.467. The van der Waals surface area contributed by atoms with Crippen LogP contribution in [0.4, 0.5) is 0 Å². The van der Waals surface area contributed by atoms with Crippen molar-refractivity contribution in [3.63, 3.8) is 0 Å². The summed E-state index contributed by atoms with van der Waals surface area (Å²) < 4.78 is 0. The van der Waals surface area contributed by atoms with E-state index in [1.165, 1.54) is 5.56 Å². The number of nitrogens with zero attached hydrogens (tertiary/aromatic N) is 2. The second kappa shape index (κ2) is 6.52. The van der Waals surface area contributed by atoms with Crippen molar-refractivity contribution < 1.29 is 9.59 Å². The van der Waals surface area contributed by atoms with E-state index in [0.717, 1.165) is 6.42 Å². The van der Waals surface area contributed by atoms with Gasteiger partial charge >= 0.3 is 0 Å². The van der Waals surface area contributed by atoms with E-state index in [0.29, 0.717) is 19.5 Å². The summed E-state index contributed by atoms with van der Waals surface area (Å²) in [4.78, 5) is 27.0. The Kier molecular flexibility index (Phi) is 4.74. The molecule has 0 aliphatic carbocycles. The highest BCUT2D eigenvalue weighted by Crippen LogP contribution is 2.08. The molecule has 1 aliphatic heterocycles. The molecule has 1 saturated heterocycles. The van der Waals surface area contributed by atoms with Crippen LogP contribution in [-0.2, 0) is 16.0 Å². The van der Waals surface area contributed by atoms with Gasteiger partial charge in [-0.2, -0.15) is 0 Å². The lowest BCUT2D eigenvalue weighted by Crippen LogP contribution is -2.54. The quantitative estimate of drug-likeness (QED) is 0.856. The standard InChI is InChI=1S/C15H21N3O2/c1-17-9-10-18(11-14(17)19)15(20)13(16)8-7-12-5-3-2-4-6-12/h2-6,13H,7-11,16H2,1H3. The van der Waals surface area contributed by atoms with Gasteiger partial charge in [-0.15, -0.1) is 0 Å². The van der Waals surface area contributed by atoms with Gasteiger partial charge in [-0.05, 0) is 18.4 Å². The van der Waals surface area contributed by atoms with Gasteiger partial charge in [0, 0.05) is 20.1 Å². The minimum atomic E-state index is -0.536. The summed E-state index contributed by atoms with van der Waals surface area (Å²) in [6.45, 7) is 1.30. The molecule has 1 atom stereocenters. The fourth-order valence-corrected chi connectivity index (χ4v) is 2.27. The van der Waals surface area contributed by atoms with Crippen LogP contribution in [0, 0.1) is 0 Å². The third kappa shape index (κ3) is 3.57. The Hall–Kier alpha value is -1.88. The highest BCUT2D eigenvalue weighted by Gasteiger charge is 2.27. The number of piperazine rings is 1. The molecular formula is C15H21N3O2. The number of rotatable bonds is 4. The molecule has 2 amide bonds. The third-order valence-electron chi connectivity index (χ3n) is 3.67. The van der Waals surface area contributed by atoms with Crippen LogP contribution < -0.4 is 5.73 Å². The number of nitrogens with two attached hydrogens (primary N) is 1. The van der Waals surface area contributed by atoms with Crippen molar-refractivity contribution in [2.24, 2.45) is 5.73 Å². The van der Waals surface area contributed by atoms with Crippen LogP contribution in [0.15, 0.2) is 30.3 Å². The van der Waals surface area contributed by atoms with E-state index in [2.05, 4.69) is 0 Å². The van der Waals surface area contributed by atoms with Crippen LogP contribution >= 0.6 is 0 Å². The third-order valence-corrected chi connectivity index (χ3v) is 3.67. The average Bonchev–Trinajstić information content (AvgIpc) is 2.48. The molecule has 0 spiro atoms. The largest absolute Gasteiger partial charge is 0.342 e. The van der Waals surface area contributed by atoms with Crippen LogP contribution in [0.2, 0.25) is 0 Å². The molecule has 0 bridgehead atoms. The smallest absolute Gasteiger partial charge is 0.241 e. The van der Waals surface area contributed by atoms with Gasteiger partial charge in [-0.1, -0.05) is 30.3 Å².